The van der Waals surface area contributed by atoms with E-state index >= 15 is 0 Å². The molecule has 66 valence electrons. The topological polar surface area (TPSA) is 32.5 Å². The normalized spacial score (nSPS) is 20.7. The number of nitrogens with zero attached hydrogens (tertiary/aromatic N) is 2. The van der Waals surface area contributed by atoms with Crippen LogP contribution in [0.4, 0.5) is 0 Å². The summed E-state index contributed by atoms with van der Waals surface area (Å²) in [5.74, 6) is 0. The first-order valence-electron chi connectivity index (χ1n) is 4.33. The van der Waals surface area contributed by atoms with Crippen LogP contribution in [0.2, 0.25) is 0 Å². The highest BCUT2D eigenvalue weighted by atomic mass is 15.3. The Bertz CT molecular complexity index is 108. The van der Waals surface area contributed by atoms with Crippen LogP contribution >= 0.6 is 0 Å². The number of hydrogen-bond acceptors (Lipinski definition) is 3. The Morgan fingerprint density at radius 1 is 1.45 bits per heavy atom. The average Bonchev–Trinajstić information content (AvgIpc) is 1.84. The quantitative estimate of drug-likeness (QED) is 0.601. The first-order chi connectivity index (χ1) is 5.24. The van der Waals surface area contributed by atoms with Gasteiger partial charge in [-0.15, -0.1) is 0 Å². The van der Waals surface area contributed by atoms with E-state index in [9.17, 15) is 0 Å². The minimum atomic E-state index is 0.785. The molecule has 1 aliphatic rings. The van der Waals surface area contributed by atoms with Crippen molar-refractivity contribution in [3.8, 4) is 0 Å². The van der Waals surface area contributed by atoms with Crippen molar-refractivity contribution < 1.29 is 0 Å². The van der Waals surface area contributed by atoms with Crippen molar-refractivity contribution in [1.29, 1.82) is 0 Å². The lowest BCUT2D eigenvalue weighted by Gasteiger charge is -2.42. The standard InChI is InChI=1S/C8H19N3/c1-10(2)8-6-11(7-8)5-3-4-9/h8H,3-7,9H2,1-2H3. The van der Waals surface area contributed by atoms with Crippen LogP contribution in [0.25, 0.3) is 0 Å². The lowest BCUT2D eigenvalue weighted by atomic mass is 10.1. The number of nitrogens with two attached hydrogens (primary N) is 1. The Kier molecular flexibility index (Phi) is 3.30. The minimum absolute atomic E-state index is 0.785. The first-order valence-corrected chi connectivity index (χ1v) is 4.33. The summed E-state index contributed by atoms with van der Waals surface area (Å²) < 4.78 is 0. The third-order valence-corrected chi connectivity index (χ3v) is 2.35. The maximum atomic E-state index is 5.41. The van der Waals surface area contributed by atoms with Gasteiger partial charge in [-0.2, -0.15) is 0 Å². The van der Waals surface area contributed by atoms with Crippen LogP contribution in [0.3, 0.4) is 0 Å². The molecule has 0 spiro atoms. The van der Waals surface area contributed by atoms with Gasteiger partial charge in [0.2, 0.25) is 0 Å². The van der Waals surface area contributed by atoms with Crippen LogP contribution in [0.1, 0.15) is 6.42 Å². The third kappa shape index (κ3) is 2.43. The van der Waals surface area contributed by atoms with E-state index in [1.165, 1.54) is 19.6 Å². The van der Waals surface area contributed by atoms with Gasteiger partial charge in [0.15, 0.2) is 0 Å². The van der Waals surface area contributed by atoms with Crippen LogP contribution in [-0.4, -0.2) is 56.1 Å². The van der Waals surface area contributed by atoms with E-state index in [2.05, 4.69) is 23.9 Å². The van der Waals surface area contributed by atoms with Gasteiger partial charge in [-0.3, -0.25) is 0 Å². The second-order valence-corrected chi connectivity index (χ2v) is 3.52. The molecule has 0 radical (unpaired) electrons. The molecule has 0 atom stereocenters. The van der Waals surface area contributed by atoms with Crippen molar-refractivity contribution >= 4 is 0 Å². The highest BCUT2D eigenvalue weighted by Gasteiger charge is 2.26. The molecule has 11 heavy (non-hydrogen) atoms. The first kappa shape index (κ1) is 8.97. The predicted octanol–water partition coefficient (Wildman–Crippen LogP) is -0.419. The summed E-state index contributed by atoms with van der Waals surface area (Å²) in [6.45, 7) is 4.46. The zero-order valence-corrected chi connectivity index (χ0v) is 7.58. The fourth-order valence-electron chi connectivity index (χ4n) is 1.37. The van der Waals surface area contributed by atoms with Gasteiger partial charge in [-0.25, -0.2) is 0 Å². The van der Waals surface area contributed by atoms with Crippen LogP contribution in [0, 0.1) is 0 Å². The van der Waals surface area contributed by atoms with Gasteiger partial charge >= 0.3 is 0 Å². The van der Waals surface area contributed by atoms with Crippen LogP contribution in [0.15, 0.2) is 0 Å². The van der Waals surface area contributed by atoms with E-state index in [0.29, 0.717) is 0 Å². The summed E-state index contributed by atoms with van der Waals surface area (Å²) >= 11 is 0. The van der Waals surface area contributed by atoms with E-state index in [4.69, 9.17) is 5.73 Å². The molecular weight excluding hydrogens is 138 g/mol. The van der Waals surface area contributed by atoms with Crippen molar-refractivity contribution in [3.63, 3.8) is 0 Å². The lowest BCUT2D eigenvalue weighted by Crippen LogP contribution is -2.57. The molecule has 0 saturated carbocycles. The van der Waals surface area contributed by atoms with Crippen LogP contribution in [0.5, 0.6) is 0 Å². The van der Waals surface area contributed by atoms with E-state index in [-0.39, 0.29) is 0 Å². The molecule has 1 fully saturated rings. The largest absolute Gasteiger partial charge is 0.330 e. The van der Waals surface area contributed by atoms with E-state index in [0.717, 1.165) is 19.0 Å². The molecule has 0 aromatic heterocycles. The maximum Gasteiger partial charge on any atom is 0.0344 e. The van der Waals surface area contributed by atoms with E-state index in [1.54, 1.807) is 0 Å². The van der Waals surface area contributed by atoms with Gasteiger partial charge in [0.1, 0.15) is 0 Å². The molecule has 1 heterocycles. The summed E-state index contributed by atoms with van der Waals surface area (Å²) in [6.07, 6.45) is 1.14. The molecule has 2 N–H and O–H groups in total. The van der Waals surface area contributed by atoms with E-state index in [1.807, 2.05) is 0 Å². The Morgan fingerprint density at radius 2 is 2.09 bits per heavy atom. The van der Waals surface area contributed by atoms with Gasteiger partial charge in [0, 0.05) is 19.1 Å². The van der Waals surface area contributed by atoms with Crippen molar-refractivity contribution in [2.24, 2.45) is 5.73 Å². The Balaban J connectivity index is 2.00. The smallest absolute Gasteiger partial charge is 0.0344 e. The van der Waals surface area contributed by atoms with Gasteiger partial charge < -0.3 is 15.5 Å². The fourth-order valence-corrected chi connectivity index (χ4v) is 1.37. The lowest BCUT2D eigenvalue weighted by molar-refractivity contribution is 0.0635. The van der Waals surface area contributed by atoms with Gasteiger partial charge in [0.05, 0.1) is 0 Å². The predicted molar refractivity (Wildman–Crippen MR) is 47.6 cm³/mol. The van der Waals surface area contributed by atoms with Crippen molar-refractivity contribution in [1.82, 2.24) is 9.80 Å². The summed E-state index contributed by atoms with van der Waals surface area (Å²) in [4.78, 5) is 4.75. The molecule has 1 rings (SSSR count). The number of hydrogen-bond donors (Lipinski definition) is 1. The molecule has 0 amide bonds. The van der Waals surface area contributed by atoms with Crippen molar-refractivity contribution in [2.75, 3.05) is 40.3 Å². The second-order valence-electron chi connectivity index (χ2n) is 3.52. The molecule has 1 aliphatic heterocycles. The summed E-state index contributed by atoms with van der Waals surface area (Å²) in [5.41, 5.74) is 5.41. The Morgan fingerprint density at radius 3 is 2.55 bits per heavy atom. The second kappa shape index (κ2) is 4.04. The SMILES string of the molecule is CN(C)C1CN(CCCN)C1. The fraction of sp³-hybridized carbons (Fsp3) is 1.00. The molecule has 0 aromatic rings. The molecule has 1 saturated heterocycles. The van der Waals surface area contributed by atoms with Crippen molar-refractivity contribution in [2.45, 2.75) is 12.5 Å². The minimum Gasteiger partial charge on any atom is -0.330 e. The highest BCUT2D eigenvalue weighted by molar-refractivity contribution is 4.85. The number of likely N-dealkylation sites (tertiary alicyclic amines) is 1. The Hall–Kier alpha value is -0.120. The summed E-state index contributed by atoms with van der Waals surface area (Å²) in [7, 11) is 4.29. The molecule has 0 unspecified atom stereocenters. The molecule has 3 nitrogen and oxygen atoms in total. The molecule has 0 aliphatic carbocycles. The van der Waals surface area contributed by atoms with Gasteiger partial charge in [-0.05, 0) is 33.6 Å². The zero-order chi connectivity index (χ0) is 8.27. The molecule has 3 heteroatoms. The highest BCUT2D eigenvalue weighted by Crippen LogP contribution is 2.11. The third-order valence-electron chi connectivity index (χ3n) is 2.35. The average molecular weight is 157 g/mol. The number of likely N-dealkylation sites (N-methyl/N-ethyl adjacent to an activating group) is 1. The van der Waals surface area contributed by atoms with Crippen LogP contribution in [-0.2, 0) is 0 Å². The molecular formula is C8H19N3. The maximum absolute atomic E-state index is 5.41. The van der Waals surface area contributed by atoms with Gasteiger partial charge in [-0.1, -0.05) is 0 Å². The summed E-state index contributed by atoms with van der Waals surface area (Å²) in [5, 5.41) is 0. The van der Waals surface area contributed by atoms with Crippen molar-refractivity contribution in [3.05, 3.63) is 0 Å². The molecule has 0 bridgehead atoms. The molecule has 0 aromatic carbocycles. The number of rotatable bonds is 4. The Labute approximate surface area is 69.1 Å². The monoisotopic (exact) mass is 157 g/mol. The van der Waals surface area contributed by atoms with Crippen LogP contribution < -0.4 is 5.73 Å². The zero-order valence-electron chi connectivity index (χ0n) is 7.58. The van der Waals surface area contributed by atoms with E-state index < -0.39 is 0 Å². The van der Waals surface area contributed by atoms with Gasteiger partial charge in [0.25, 0.3) is 0 Å². The summed E-state index contributed by atoms with van der Waals surface area (Å²) in [6, 6.07) is 0.785.